The molecule has 0 aromatic heterocycles. The molecule has 0 aromatic carbocycles. The molecule has 9 heteroatoms. The number of thioether (sulfide) groups is 1. The van der Waals surface area contributed by atoms with Gasteiger partial charge in [0.05, 0.1) is 18.2 Å². The number of β-amino-alcohol motifs (C(OH)–C–C–N with tert-alkyl or cyclic N) is 1. The number of hydrogen-bond acceptors (Lipinski definition) is 8. The van der Waals surface area contributed by atoms with Gasteiger partial charge in [-0.05, 0) is 37.9 Å². The van der Waals surface area contributed by atoms with Crippen LogP contribution in [0.2, 0.25) is 0 Å². The second-order valence-corrected chi connectivity index (χ2v) is 10.8. The third-order valence-electron chi connectivity index (χ3n) is 6.73. The van der Waals surface area contributed by atoms with E-state index in [1.807, 2.05) is 13.8 Å². The highest BCUT2D eigenvalue weighted by atomic mass is 32.2. The molecule has 2 aliphatic heterocycles. The summed E-state index contributed by atoms with van der Waals surface area (Å²) in [5, 5.41) is 44.1. The first kappa shape index (κ1) is 27.8. The summed E-state index contributed by atoms with van der Waals surface area (Å²) in [5.41, 5.74) is -0.683. The minimum Gasteiger partial charge on any atom is -0.392 e. The number of hydrogen-bond donors (Lipinski definition) is 5. The zero-order valence-corrected chi connectivity index (χ0v) is 21.0. The topological polar surface area (TPSA) is 122 Å². The van der Waals surface area contributed by atoms with Gasteiger partial charge in [0.25, 0.3) is 0 Å². The molecule has 0 aromatic rings. The summed E-state index contributed by atoms with van der Waals surface area (Å²) in [5.74, 6) is 0.220. The van der Waals surface area contributed by atoms with Crippen molar-refractivity contribution in [2.24, 2.45) is 11.8 Å². The first-order valence-electron chi connectivity index (χ1n) is 12.1. The Bertz CT molecular complexity index is 579. The monoisotopic (exact) mass is 476 g/mol. The number of rotatable bonds is 11. The Hall–Kier alpha value is -0.420. The summed E-state index contributed by atoms with van der Waals surface area (Å²) >= 11 is 1.26. The van der Waals surface area contributed by atoms with Crippen molar-refractivity contribution in [3.63, 3.8) is 0 Å². The quantitative estimate of drug-likeness (QED) is 0.279. The number of amides is 1. The maximum Gasteiger partial charge on any atom is 0.237 e. The lowest BCUT2D eigenvalue weighted by Crippen LogP contribution is -2.64. The molecule has 2 rings (SSSR count). The standard InChI is InChI=1S/C23H44N2O6S/c1-6-7-8-9-15-10-16(25(12-15)11-14(4)26)22(30)24-17(13(2)3)21-19(28)18(27)20(29)23(31-21)32-5/h13-21,23,26-29H,6-12H2,1-5H3,(H,24,30). The van der Waals surface area contributed by atoms with E-state index in [2.05, 4.69) is 17.1 Å². The van der Waals surface area contributed by atoms with Crippen molar-refractivity contribution >= 4 is 17.7 Å². The molecule has 1 amide bonds. The van der Waals surface area contributed by atoms with Gasteiger partial charge in [0.15, 0.2) is 0 Å². The fourth-order valence-electron chi connectivity index (χ4n) is 4.96. The lowest BCUT2D eigenvalue weighted by molar-refractivity contribution is -0.208. The van der Waals surface area contributed by atoms with Crippen molar-refractivity contribution in [2.45, 2.75) is 108 Å². The van der Waals surface area contributed by atoms with E-state index in [-0.39, 0.29) is 17.9 Å². The summed E-state index contributed by atoms with van der Waals surface area (Å²) in [6.07, 6.45) is 1.87. The summed E-state index contributed by atoms with van der Waals surface area (Å²) < 4.78 is 5.93. The molecule has 8 nitrogen and oxygen atoms in total. The van der Waals surface area contributed by atoms with Gasteiger partial charge >= 0.3 is 0 Å². The van der Waals surface area contributed by atoms with Crippen LogP contribution in [0, 0.1) is 11.8 Å². The van der Waals surface area contributed by atoms with E-state index in [0.29, 0.717) is 12.5 Å². The number of carbonyl (C=O) groups is 1. The van der Waals surface area contributed by atoms with Gasteiger partial charge in [-0.2, -0.15) is 0 Å². The molecular formula is C23H44N2O6S. The molecule has 0 bridgehead atoms. The Labute approximate surface area is 197 Å². The van der Waals surface area contributed by atoms with E-state index in [9.17, 15) is 25.2 Å². The number of ether oxygens (including phenoxy) is 1. The summed E-state index contributed by atoms with van der Waals surface area (Å²) in [4.78, 5) is 15.5. The van der Waals surface area contributed by atoms with Crippen LogP contribution in [-0.4, -0.2) is 98.6 Å². The highest BCUT2D eigenvalue weighted by Crippen LogP contribution is 2.32. The molecule has 32 heavy (non-hydrogen) atoms. The van der Waals surface area contributed by atoms with Gasteiger partial charge < -0.3 is 30.5 Å². The van der Waals surface area contributed by atoms with Crippen molar-refractivity contribution in [2.75, 3.05) is 19.3 Å². The van der Waals surface area contributed by atoms with Gasteiger partial charge in [0.1, 0.15) is 29.9 Å². The predicted molar refractivity (Wildman–Crippen MR) is 126 cm³/mol. The molecular weight excluding hydrogens is 432 g/mol. The molecule has 9 atom stereocenters. The number of likely N-dealkylation sites (tertiary alicyclic amines) is 1. The zero-order chi connectivity index (χ0) is 24.0. The predicted octanol–water partition coefficient (Wildman–Crippen LogP) is 0.949. The van der Waals surface area contributed by atoms with E-state index in [0.717, 1.165) is 32.2 Å². The van der Waals surface area contributed by atoms with Crippen LogP contribution < -0.4 is 5.32 Å². The van der Waals surface area contributed by atoms with Crippen LogP contribution in [0.3, 0.4) is 0 Å². The van der Waals surface area contributed by atoms with E-state index in [1.54, 1.807) is 13.2 Å². The molecule has 5 N–H and O–H groups in total. The number of unbranched alkanes of at least 4 members (excludes halogenated alkanes) is 2. The molecule has 0 radical (unpaired) electrons. The molecule has 9 unspecified atom stereocenters. The fraction of sp³-hybridized carbons (Fsp3) is 0.957. The first-order chi connectivity index (χ1) is 15.1. The van der Waals surface area contributed by atoms with Crippen molar-refractivity contribution in [1.82, 2.24) is 10.2 Å². The Morgan fingerprint density at radius 3 is 2.41 bits per heavy atom. The van der Waals surface area contributed by atoms with E-state index >= 15 is 0 Å². The first-order valence-corrected chi connectivity index (χ1v) is 13.3. The van der Waals surface area contributed by atoms with Crippen molar-refractivity contribution < 1.29 is 30.0 Å². The second-order valence-electron chi connectivity index (χ2n) is 9.87. The number of aliphatic hydroxyl groups is 4. The van der Waals surface area contributed by atoms with Gasteiger partial charge in [0, 0.05) is 13.1 Å². The molecule has 188 valence electrons. The van der Waals surface area contributed by atoms with Gasteiger partial charge in [-0.3, -0.25) is 9.69 Å². The molecule has 0 spiro atoms. The highest BCUT2D eigenvalue weighted by molar-refractivity contribution is 7.99. The number of nitrogens with zero attached hydrogens (tertiary/aromatic N) is 1. The SMILES string of the molecule is CCCCCC1CC(C(=O)NC(C(C)C)C2OC(SC)C(O)C(O)C2O)N(CC(C)O)C1. The lowest BCUT2D eigenvalue weighted by atomic mass is 9.88. The molecule has 2 heterocycles. The van der Waals surface area contributed by atoms with Crippen LogP contribution in [0.4, 0.5) is 0 Å². The number of aliphatic hydroxyl groups excluding tert-OH is 4. The third kappa shape index (κ3) is 7.04. The minimum absolute atomic E-state index is 0.0597. The van der Waals surface area contributed by atoms with Crippen LogP contribution in [-0.2, 0) is 9.53 Å². The summed E-state index contributed by atoms with van der Waals surface area (Å²) in [6.45, 7) is 9.01. The van der Waals surface area contributed by atoms with Crippen LogP contribution >= 0.6 is 11.8 Å². The van der Waals surface area contributed by atoms with Crippen molar-refractivity contribution in [3.05, 3.63) is 0 Å². The summed E-state index contributed by atoms with van der Waals surface area (Å²) in [6, 6.07) is -0.869. The Balaban J connectivity index is 2.12. The Morgan fingerprint density at radius 2 is 1.84 bits per heavy atom. The smallest absolute Gasteiger partial charge is 0.237 e. The molecule has 2 aliphatic rings. The zero-order valence-electron chi connectivity index (χ0n) is 20.2. The molecule has 2 saturated heterocycles. The largest absolute Gasteiger partial charge is 0.392 e. The van der Waals surface area contributed by atoms with Crippen molar-refractivity contribution in [3.8, 4) is 0 Å². The third-order valence-corrected chi connectivity index (χ3v) is 7.58. The molecule has 0 saturated carbocycles. The fourth-order valence-corrected chi connectivity index (χ4v) is 5.64. The van der Waals surface area contributed by atoms with Crippen LogP contribution in [0.15, 0.2) is 0 Å². The normalized spacial score (nSPS) is 35.8. The van der Waals surface area contributed by atoms with Crippen LogP contribution in [0.25, 0.3) is 0 Å². The number of carbonyl (C=O) groups excluding carboxylic acids is 1. The van der Waals surface area contributed by atoms with Crippen molar-refractivity contribution in [1.29, 1.82) is 0 Å². The van der Waals surface area contributed by atoms with Gasteiger partial charge in [-0.15, -0.1) is 11.8 Å². The molecule has 0 aliphatic carbocycles. The Kier molecular flexibility index (Phi) is 11.2. The van der Waals surface area contributed by atoms with Gasteiger partial charge in [0.2, 0.25) is 5.91 Å². The highest BCUT2D eigenvalue weighted by Gasteiger charge is 2.48. The summed E-state index contributed by atoms with van der Waals surface area (Å²) in [7, 11) is 0. The van der Waals surface area contributed by atoms with E-state index < -0.39 is 42.0 Å². The minimum atomic E-state index is -1.34. The molecule has 2 fully saturated rings. The second kappa shape index (κ2) is 12.9. The average Bonchev–Trinajstić information content (AvgIpc) is 3.12. The average molecular weight is 477 g/mol. The van der Waals surface area contributed by atoms with Crippen LogP contribution in [0.5, 0.6) is 0 Å². The van der Waals surface area contributed by atoms with Gasteiger partial charge in [-0.25, -0.2) is 0 Å². The Morgan fingerprint density at radius 1 is 1.16 bits per heavy atom. The van der Waals surface area contributed by atoms with E-state index in [1.165, 1.54) is 18.2 Å². The van der Waals surface area contributed by atoms with Gasteiger partial charge in [-0.1, -0.05) is 40.0 Å². The maximum absolute atomic E-state index is 13.4. The maximum atomic E-state index is 13.4. The lowest BCUT2D eigenvalue weighted by Gasteiger charge is -2.44. The van der Waals surface area contributed by atoms with Crippen LogP contribution in [0.1, 0.15) is 59.8 Å². The number of nitrogens with one attached hydrogen (secondary N) is 1. The van der Waals surface area contributed by atoms with E-state index in [4.69, 9.17) is 4.74 Å².